The average Bonchev–Trinajstić information content (AvgIpc) is 1.86. The normalized spacial score (nSPS) is 11.3. The molecule has 0 heterocycles. The van der Waals surface area contributed by atoms with Gasteiger partial charge < -0.3 is 10.8 Å². The van der Waals surface area contributed by atoms with Crippen LogP contribution in [0.5, 0.6) is 0 Å². The second-order valence-corrected chi connectivity index (χ2v) is 1.74. The van der Waals surface area contributed by atoms with Crippen molar-refractivity contribution in [3.63, 3.8) is 0 Å². The van der Waals surface area contributed by atoms with Gasteiger partial charge in [0.05, 0.1) is 6.42 Å². The highest BCUT2D eigenvalue weighted by atomic mass is 16.4. The van der Waals surface area contributed by atoms with Crippen molar-refractivity contribution in [2.75, 3.05) is 0 Å². The molecular weight excluding hydrogens is 152 g/mol. The highest BCUT2D eigenvalue weighted by Gasteiger charge is 2.18. The van der Waals surface area contributed by atoms with Crippen molar-refractivity contribution < 1.29 is 19.5 Å². The molecule has 0 aromatic rings. The van der Waals surface area contributed by atoms with Gasteiger partial charge in [-0.2, -0.15) is 4.99 Å². The van der Waals surface area contributed by atoms with Gasteiger partial charge in [-0.15, -0.1) is 0 Å². The zero-order valence-corrected chi connectivity index (χ0v) is 5.48. The van der Waals surface area contributed by atoms with Crippen LogP contribution < -0.4 is 5.73 Å². The molecule has 0 radical (unpaired) electrons. The minimum Gasteiger partial charge on any atom is -0.480 e. The molecule has 0 spiro atoms. The van der Waals surface area contributed by atoms with E-state index in [1.165, 1.54) is 0 Å². The predicted molar refractivity (Wildman–Crippen MR) is 33.4 cm³/mol. The van der Waals surface area contributed by atoms with Gasteiger partial charge in [-0.05, 0) is 0 Å². The Labute approximate surface area is 61.7 Å². The molecule has 0 aromatic heterocycles. The van der Waals surface area contributed by atoms with Crippen LogP contribution >= 0.6 is 0 Å². The number of hydrogen-bond acceptors (Lipinski definition) is 4. The zero-order chi connectivity index (χ0) is 8.85. The van der Waals surface area contributed by atoms with Gasteiger partial charge >= 0.3 is 5.97 Å². The van der Waals surface area contributed by atoms with Crippen LogP contribution in [-0.4, -0.2) is 29.1 Å². The minimum atomic E-state index is -1.40. The highest BCUT2D eigenvalue weighted by molar-refractivity contribution is 5.83. The number of rotatable bonds is 4. The summed E-state index contributed by atoms with van der Waals surface area (Å²) in [5.41, 5.74) is 4.67. The maximum atomic E-state index is 10.2. The molecule has 0 aliphatic carbocycles. The number of carbonyl (C=O) groups is 2. The number of carboxylic acid groups (broad SMARTS) is 1. The first-order chi connectivity index (χ1) is 5.07. The summed E-state index contributed by atoms with van der Waals surface area (Å²) in [7, 11) is 0. The van der Waals surface area contributed by atoms with Crippen molar-refractivity contribution in [1.82, 2.24) is 0 Å². The Balaban J connectivity index is 4.22. The number of aliphatic carboxylic acids is 1. The Hall–Kier alpha value is -1.68. The summed E-state index contributed by atoms with van der Waals surface area (Å²) in [4.78, 5) is 32.8. The van der Waals surface area contributed by atoms with Gasteiger partial charge in [0, 0.05) is 0 Å². The number of primary amides is 1. The van der Waals surface area contributed by atoms with Crippen LogP contribution in [0.25, 0.3) is 0 Å². The van der Waals surface area contributed by atoms with E-state index in [4.69, 9.17) is 5.11 Å². The highest BCUT2D eigenvalue weighted by Crippen LogP contribution is 1.95. The first-order valence-corrected chi connectivity index (χ1v) is 2.66. The molecule has 0 fully saturated rings. The molecule has 60 valence electrons. The lowest BCUT2D eigenvalue weighted by atomic mass is 10.2. The molecule has 0 saturated carbocycles. The lowest BCUT2D eigenvalue weighted by Crippen LogP contribution is -2.25. The fraction of sp³-hybridized carbons (Fsp3) is 0.400. The van der Waals surface area contributed by atoms with Gasteiger partial charge in [0.15, 0.2) is 6.04 Å². The standard InChI is InChI=1S/C5H6N2O4/c6-4(9)1-3(5(10)11)7-2-8/h3H,1H2,(H2,6,9)(H,10,11). The molecule has 6 nitrogen and oxygen atoms in total. The molecule has 1 amide bonds. The van der Waals surface area contributed by atoms with Crippen molar-refractivity contribution in [1.29, 1.82) is 0 Å². The molecule has 1 unspecified atom stereocenters. The summed E-state index contributed by atoms with van der Waals surface area (Å²) >= 11 is 0. The molecule has 0 rings (SSSR count). The minimum absolute atomic E-state index is 0.482. The van der Waals surface area contributed by atoms with Crippen LogP contribution in [0.15, 0.2) is 4.99 Å². The number of carbonyl (C=O) groups excluding carboxylic acids is 2. The summed E-state index contributed by atoms with van der Waals surface area (Å²) in [6, 6.07) is -1.40. The molecule has 0 bridgehead atoms. The fourth-order valence-electron chi connectivity index (χ4n) is 0.442. The Morgan fingerprint density at radius 1 is 1.64 bits per heavy atom. The smallest absolute Gasteiger partial charge is 0.329 e. The van der Waals surface area contributed by atoms with Crippen LogP contribution in [0.1, 0.15) is 6.42 Å². The van der Waals surface area contributed by atoms with Crippen LogP contribution in [-0.2, 0) is 14.4 Å². The van der Waals surface area contributed by atoms with E-state index in [0.717, 1.165) is 6.08 Å². The van der Waals surface area contributed by atoms with E-state index < -0.39 is 24.3 Å². The van der Waals surface area contributed by atoms with E-state index in [1.807, 2.05) is 0 Å². The Morgan fingerprint density at radius 3 is 2.45 bits per heavy atom. The molecule has 1 atom stereocenters. The van der Waals surface area contributed by atoms with Crippen molar-refractivity contribution in [2.24, 2.45) is 10.7 Å². The number of nitrogens with zero attached hydrogens (tertiary/aromatic N) is 1. The van der Waals surface area contributed by atoms with Crippen molar-refractivity contribution in [3.8, 4) is 0 Å². The second-order valence-electron chi connectivity index (χ2n) is 1.74. The third-order valence-electron chi connectivity index (χ3n) is 0.888. The largest absolute Gasteiger partial charge is 0.480 e. The molecule has 0 aliphatic heterocycles. The molecule has 11 heavy (non-hydrogen) atoms. The topological polar surface area (TPSA) is 110 Å². The van der Waals surface area contributed by atoms with Crippen molar-refractivity contribution >= 4 is 18.0 Å². The lowest BCUT2D eigenvalue weighted by Gasteiger charge is -1.99. The number of aliphatic imine (C=N–C) groups is 1. The maximum absolute atomic E-state index is 10.2. The maximum Gasteiger partial charge on any atom is 0.329 e. The monoisotopic (exact) mass is 158 g/mol. The van der Waals surface area contributed by atoms with Crippen LogP contribution in [0.4, 0.5) is 0 Å². The molecule has 0 aromatic carbocycles. The van der Waals surface area contributed by atoms with E-state index in [9.17, 15) is 14.4 Å². The number of hydrogen-bond donors (Lipinski definition) is 2. The van der Waals surface area contributed by atoms with Gasteiger partial charge in [0.2, 0.25) is 12.0 Å². The first kappa shape index (κ1) is 9.32. The van der Waals surface area contributed by atoms with Crippen LogP contribution in [0.3, 0.4) is 0 Å². The zero-order valence-electron chi connectivity index (χ0n) is 5.48. The van der Waals surface area contributed by atoms with Gasteiger partial charge in [0.1, 0.15) is 0 Å². The molecule has 0 aliphatic rings. The van der Waals surface area contributed by atoms with E-state index in [-0.39, 0.29) is 0 Å². The van der Waals surface area contributed by atoms with E-state index in [0.29, 0.717) is 0 Å². The van der Waals surface area contributed by atoms with E-state index in [2.05, 4.69) is 10.7 Å². The summed E-state index contributed by atoms with van der Waals surface area (Å²) < 4.78 is 0. The Kier molecular flexibility index (Phi) is 3.55. The quantitative estimate of drug-likeness (QED) is 0.389. The lowest BCUT2D eigenvalue weighted by molar-refractivity contribution is -0.140. The Bertz CT molecular complexity index is 217. The van der Waals surface area contributed by atoms with Gasteiger partial charge in [0.25, 0.3) is 0 Å². The second kappa shape index (κ2) is 4.19. The van der Waals surface area contributed by atoms with E-state index >= 15 is 0 Å². The number of nitrogens with two attached hydrogens (primary N) is 1. The molecule has 3 N–H and O–H groups in total. The summed E-state index contributed by atoms with van der Waals surface area (Å²) in [6.45, 7) is 0. The Morgan fingerprint density at radius 2 is 2.18 bits per heavy atom. The van der Waals surface area contributed by atoms with Crippen LogP contribution in [0, 0.1) is 0 Å². The summed E-state index contributed by atoms with van der Waals surface area (Å²) in [6.07, 6.45) is 0.559. The third kappa shape index (κ3) is 3.83. The van der Waals surface area contributed by atoms with Crippen LogP contribution in [0.2, 0.25) is 0 Å². The number of amides is 1. The summed E-state index contributed by atoms with van der Waals surface area (Å²) in [5.74, 6) is -2.19. The average molecular weight is 158 g/mol. The van der Waals surface area contributed by atoms with Crippen molar-refractivity contribution in [3.05, 3.63) is 0 Å². The fourth-order valence-corrected chi connectivity index (χ4v) is 0.442. The van der Waals surface area contributed by atoms with Gasteiger partial charge in [-0.1, -0.05) is 0 Å². The summed E-state index contributed by atoms with van der Waals surface area (Å²) in [5, 5.41) is 8.27. The SMILES string of the molecule is NC(=O)CC(N=C=O)C(=O)O. The van der Waals surface area contributed by atoms with Gasteiger partial charge in [-0.25, -0.2) is 9.59 Å². The predicted octanol–water partition coefficient (Wildman–Crippen LogP) is -1.35. The third-order valence-corrected chi connectivity index (χ3v) is 0.888. The number of carboxylic acids is 1. The van der Waals surface area contributed by atoms with Crippen molar-refractivity contribution in [2.45, 2.75) is 12.5 Å². The molecule has 6 heteroatoms. The van der Waals surface area contributed by atoms with Gasteiger partial charge in [-0.3, -0.25) is 4.79 Å². The van der Waals surface area contributed by atoms with E-state index in [1.54, 1.807) is 0 Å². The number of isocyanates is 1. The molecule has 0 saturated heterocycles. The first-order valence-electron chi connectivity index (χ1n) is 2.66. The molecular formula is C5H6N2O4.